The lowest BCUT2D eigenvalue weighted by Gasteiger charge is -2.15. The number of rotatable bonds is 10. The number of pyridine rings is 1. The molecule has 21 heavy (non-hydrogen) atoms. The van der Waals surface area contributed by atoms with E-state index in [-0.39, 0.29) is 5.91 Å². The van der Waals surface area contributed by atoms with Crippen molar-refractivity contribution in [3.63, 3.8) is 0 Å². The molecule has 1 unspecified atom stereocenters. The van der Waals surface area contributed by atoms with Gasteiger partial charge >= 0.3 is 0 Å². The smallest absolute Gasteiger partial charge is 0.220 e. The Balaban J connectivity index is 2.36. The third-order valence-electron chi connectivity index (χ3n) is 3.87. The quantitative estimate of drug-likeness (QED) is 0.696. The molecule has 1 heterocycles. The zero-order valence-electron chi connectivity index (χ0n) is 13.4. The first kappa shape index (κ1) is 17.6. The molecule has 3 N–H and O–H groups in total. The van der Waals surface area contributed by atoms with Gasteiger partial charge in [0.2, 0.25) is 5.91 Å². The van der Waals surface area contributed by atoms with Crippen LogP contribution in [0.25, 0.3) is 0 Å². The highest BCUT2D eigenvalue weighted by molar-refractivity contribution is 5.75. The van der Waals surface area contributed by atoms with Gasteiger partial charge in [0.1, 0.15) is 0 Å². The molecule has 0 saturated carbocycles. The van der Waals surface area contributed by atoms with Gasteiger partial charge in [0.15, 0.2) is 0 Å². The summed E-state index contributed by atoms with van der Waals surface area (Å²) in [6.45, 7) is 5.51. The summed E-state index contributed by atoms with van der Waals surface area (Å²) in [6.07, 6.45) is 7.55. The van der Waals surface area contributed by atoms with E-state index in [4.69, 9.17) is 5.73 Å². The zero-order valence-corrected chi connectivity index (χ0v) is 13.4. The number of carbonyl (C=O) groups excluding carboxylic acids is 1. The summed E-state index contributed by atoms with van der Waals surface area (Å²) in [6, 6.07) is 4.00. The van der Waals surface area contributed by atoms with E-state index in [0.717, 1.165) is 37.8 Å². The molecule has 0 bridgehead atoms. The van der Waals surface area contributed by atoms with Crippen molar-refractivity contribution >= 4 is 5.91 Å². The zero-order chi connectivity index (χ0) is 15.5. The molecule has 1 rings (SSSR count). The van der Waals surface area contributed by atoms with Gasteiger partial charge in [0, 0.05) is 12.6 Å². The Kier molecular flexibility index (Phi) is 8.67. The highest BCUT2D eigenvalue weighted by Gasteiger charge is 2.10. The summed E-state index contributed by atoms with van der Waals surface area (Å²) >= 11 is 0. The molecular formula is C17H29N3O. The average molecular weight is 291 g/mol. The van der Waals surface area contributed by atoms with E-state index in [2.05, 4.69) is 30.2 Å². The van der Waals surface area contributed by atoms with Crippen molar-refractivity contribution < 1.29 is 4.79 Å². The second kappa shape index (κ2) is 10.3. The number of aromatic nitrogens is 1. The molecule has 0 saturated heterocycles. The molecule has 1 amide bonds. The summed E-state index contributed by atoms with van der Waals surface area (Å²) in [5.41, 5.74) is 7.80. The number of nitrogens with two attached hydrogens (primary N) is 1. The fourth-order valence-corrected chi connectivity index (χ4v) is 2.64. The number of hydrogen-bond acceptors (Lipinski definition) is 3. The van der Waals surface area contributed by atoms with E-state index >= 15 is 0 Å². The number of amides is 1. The molecule has 0 spiro atoms. The van der Waals surface area contributed by atoms with Crippen LogP contribution in [0.2, 0.25) is 0 Å². The van der Waals surface area contributed by atoms with Crippen LogP contribution in [0, 0.1) is 5.92 Å². The maximum atomic E-state index is 12.0. The van der Waals surface area contributed by atoms with E-state index in [9.17, 15) is 4.79 Å². The number of nitrogens with one attached hydrogen (secondary N) is 1. The van der Waals surface area contributed by atoms with Crippen molar-refractivity contribution in [3.8, 4) is 0 Å². The SMILES string of the molecule is CCCC(CCN)CCC(=O)NCc1ncccc1CC. The third-order valence-corrected chi connectivity index (χ3v) is 3.87. The van der Waals surface area contributed by atoms with Crippen molar-refractivity contribution in [1.29, 1.82) is 0 Å². The van der Waals surface area contributed by atoms with Gasteiger partial charge in [-0.3, -0.25) is 9.78 Å². The van der Waals surface area contributed by atoms with Crippen molar-refractivity contribution in [3.05, 3.63) is 29.6 Å². The van der Waals surface area contributed by atoms with Crippen LogP contribution in [-0.2, 0) is 17.8 Å². The van der Waals surface area contributed by atoms with Gasteiger partial charge in [-0.15, -0.1) is 0 Å². The van der Waals surface area contributed by atoms with Crippen LogP contribution in [0.3, 0.4) is 0 Å². The summed E-state index contributed by atoms with van der Waals surface area (Å²) in [7, 11) is 0. The molecule has 1 aromatic heterocycles. The van der Waals surface area contributed by atoms with Gasteiger partial charge in [-0.05, 0) is 43.4 Å². The van der Waals surface area contributed by atoms with Crippen LogP contribution in [-0.4, -0.2) is 17.4 Å². The Hall–Kier alpha value is -1.42. The van der Waals surface area contributed by atoms with Gasteiger partial charge < -0.3 is 11.1 Å². The van der Waals surface area contributed by atoms with E-state index in [1.807, 2.05) is 6.07 Å². The van der Waals surface area contributed by atoms with Crippen LogP contribution in [0.4, 0.5) is 0 Å². The minimum atomic E-state index is 0.112. The molecule has 0 fully saturated rings. The molecule has 0 aromatic carbocycles. The number of hydrogen-bond donors (Lipinski definition) is 2. The van der Waals surface area contributed by atoms with Crippen LogP contribution in [0.1, 0.15) is 57.2 Å². The molecular weight excluding hydrogens is 262 g/mol. The van der Waals surface area contributed by atoms with Crippen molar-refractivity contribution in [2.45, 2.75) is 58.9 Å². The second-order valence-corrected chi connectivity index (χ2v) is 5.51. The minimum Gasteiger partial charge on any atom is -0.350 e. The third kappa shape index (κ3) is 6.71. The summed E-state index contributed by atoms with van der Waals surface area (Å²) < 4.78 is 0. The number of nitrogens with zero attached hydrogens (tertiary/aromatic N) is 1. The topological polar surface area (TPSA) is 68.0 Å². The maximum Gasteiger partial charge on any atom is 0.220 e. The first-order valence-corrected chi connectivity index (χ1v) is 8.10. The molecule has 0 radical (unpaired) electrons. The molecule has 0 aliphatic heterocycles. The van der Waals surface area contributed by atoms with E-state index < -0.39 is 0 Å². The van der Waals surface area contributed by atoms with Gasteiger partial charge in [-0.1, -0.05) is 32.8 Å². The van der Waals surface area contributed by atoms with Gasteiger partial charge in [0.05, 0.1) is 12.2 Å². The van der Waals surface area contributed by atoms with Crippen molar-refractivity contribution in [2.24, 2.45) is 11.7 Å². The largest absolute Gasteiger partial charge is 0.350 e. The van der Waals surface area contributed by atoms with Gasteiger partial charge in [-0.2, -0.15) is 0 Å². The maximum absolute atomic E-state index is 12.0. The Morgan fingerprint density at radius 1 is 1.33 bits per heavy atom. The Labute approximate surface area is 128 Å². The van der Waals surface area contributed by atoms with Crippen LogP contribution in [0.5, 0.6) is 0 Å². The average Bonchev–Trinajstić information content (AvgIpc) is 2.51. The molecule has 0 aliphatic rings. The van der Waals surface area contributed by atoms with Crippen molar-refractivity contribution in [1.82, 2.24) is 10.3 Å². The highest BCUT2D eigenvalue weighted by atomic mass is 16.1. The Bertz CT molecular complexity index is 414. The van der Waals surface area contributed by atoms with Crippen LogP contribution < -0.4 is 11.1 Å². The molecule has 4 nitrogen and oxygen atoms in total. The Morgan fingerprint density at radius 3 is 2.81 bits per heavy atom. The number of carbonyl (C=O) groups is 1. The number of aryl methyl sites for hydroxylation is 1. The molecule has 1 atom stereocenters. The fourth-order valence-electron chi connectivity index (χ4n) is 2.64. The molecule has 1 aromatic rings. The first-order valence-electron chi connectivity index (χ1n) is 8.10. The summed E-state index contributed by atoms with van der Waals surface area (Å²) in [4.78, 5) is 16.3. The predicted molar refractivity (Wildman–Crippen MR) is 86.8 cm³/mol. The van der Waals surface area contributed by atoms with Gasteiger partial charge in [-0.25, -0.2) is 0 Å². The van der Waals surface area contributed by atoms with Crippen LogP contribution in [0.15, 0.2) is 18.3 Å². The van der Waals surface area contributed by atoms with E-state index in [0.29, 0.717) is 25.4 Å². The first-order chi connectivity index (χ1) is 10.2. The standard InChI is InChI=1S/C17H29N3O/c1-3-6-14(10-11-18)8-9-17(21)20-13-16-15(4-2)7-5-12-19-16/h5,7,12,14H,3-4,6,8-11,13,18H2,1-2H3,(H,20,21). The summed E-state index contributed by atoms with van der Waals surface area (Å²) in [5, 5.41) is 2.98. The normalized spacial score (nSPS) is 12.1. The lowest BCUT2D eigenvalue weighted by molar-refractivity contribution is -0.121. The second-order valence-electron chi connectivity index (χ2n) is 5.51. The van der Waals surface area contributed by atoms with E-state index in [1.165, 1.54) is 5.56 Å². The molecule has 118 valence electrons. The van der Waals surface area contributed by atoms with Crippen LogP contribution >= 0.6 is 0 Å². The lowest BCUT2D eigenvalue weighted by Crippen LogP contribution is -2.24. The van der Waals surface area contributed by atoms with E-state index in [1.54, 1.807) is 6.20 Å². The summed E-state index contributed by atoms with van der Waals surface area (Å²) in [5.74, 6) is 0.688. The molecule has 4 heteroatoms. The lowest BCUT2D eigenvalue weighted by atomic mass is 9.94. The predicted octanol–water partition coefficient (Wildman–Crippen LogP) is 2.81. The monoisotopic (exact) mass is 291 g/mol. The highest BCUT2D eigenvalue weighted by Crippen LogP contribution is 2.16. The van der Waals surface area contributed by atoms with Crippen molar-refractivity contribution in [2.75, 3.05) is 6.54 Å². The minimum absolute atomic E-state index is 0.112. The molecule has 0 aliphatic carbocycles. The Morgan fingerprint density at radius 2 is 2.14 bits per heavy atom. The fraction of sp³-hybridized carbons (Fsp3) is 0.647. The van der Waals surface area contributed by atoms with Gasteiger partial charge in [0.25, 0.3) is 0 Å².